The monoisotopic (exact) mass is 1650 g/mol. The van der Waals surface area contributed by atoms with Gasteiger partial charge in [-0.15, -0.1) is 0 Å². The van der Waals surface area contributed by atoms with Crippen molar-refractivity contribution in [2.45, 2.75) is 0 Å². The standard InChI is InChI=1S/C44H26N4.C38H22N4.C36H20N4/c1-3-11-27(12-4-1)29-15-9-16-31(23-29)47-39-24-30(28-13-5-2-6-14-28)21-22-32(39)35-25-36-33-17-10-18-34-42-44(46-38-20-8-7-19-37(38)45-42)48(43(33)34)41(36)26-40(35)47;1-3-10-23(11-4-1)24-18-19-26-29-21-30-27-14-9-15-28-36-38(40-32-17-8-7-16-31(32)39-36)42(37(27)28)35(30)22-34(29)41(33(26)20-24)25-12-5-2-6-13-25;1-2-9-22-18-23(17-16-21(22)8-1)39-31-15-6-3-10-24(31)27-19-28-25-11-7-12-26-34-36(38-30-14-5-4-13-29(30)37-34)40(35(25)26)33(28)20-32(27)39/h1-26H;1-22H;1-20H. The van der Waals surface area contributed by atoms with Crippen LogP contribution in [0.2, 0.25) is 0 Å². The van der Waals surface area contributed by atoms with Gasteiger partial charge >= 0.3 is 0 Å². The van der Waals surface area contributed by atoms with E-state index in [0.717, 1.165) is 122 Å². The summed E-state index contributed by atoms with van der Waals surface area (Å²) in [6.07, 6.45) is 0. The fraction of sp³-hybridized carbons (Fsp3) is 0. The van der Waals surface area contributed by atoms with Gasteiger partial charge in [0.1, 0.15) is 16.6 Å². The summed E-state index contributed by atoms with van der Waals surface area (Å²) in [5.41, 5.74) is 35.8. The molecule has 31 rings (SSSR count). The molecule has 31 aromatic rings. The van der Waals surface area contributed by atoms with Gasteiger partial charge in [0.2, 0.25) is 0 Å². The number of hydrogen-bond donors (Lipinski definition) is 0. The minimum absolute atomic E-state index is 0.898. The second kappa shape index (κ2) is 26.9. The van der Waals surface area contributed by atoms with Crippen LogP contribution in [0.25, 0.3) is 275 Å². The maximum atomic E-state index is 5.21. The lowest BCUT2D eigenvalue weighted by molar-refractivity contribution is 1.18. The van der Waals surface area contributed by atoms with Crippen LogP contribution in [-0.2, 0) is 0 Å². The number of para-hydroxylation sites is 11. The second-order valence-corrected chi connectivity index (χ2v) is 34.4. The van der Waals surface area contributed by atoms with E-state index in [2.05, 4.69) is 373 Å². The van der Waals surface area contributed by atoms with Crippen molar-refractivity contribution in [2.75, 3.05) is 0 Å². The third-order valence-corrected chi connectivity index (χ3v) is 27.4. The predicted octanol–water partition coefficient (Wildman–Crippen LogP) is 29.8. The highest BCUT2D eigenvalue weighted by atomic mass is 15.1. The molecule has 12 heteroatoms. The van der Waals surface area contributed by atoms with E-state index < -0.39 is 0 Å². The zero-order valence-corrected chi connectivity index (χ0v) is 69.6. The van der Waals surface area contributed by atoms with Crippen molar-refractivity contribution in [3.8, 4) is 50.4 Å². The topological polar surface area (TPSA) is 105 Å². The van der Waals surface area contributed by atoms with Gasteiger partial charge in [-0.25, -0.2) is 29.9 Å². The van der Waals surface area contributed by atoms with Gasteiger partial charge in [-0.05, 0) is 172 Å². The Morgan fingerprint density at radius 1 is 0.146 bits per heavy atom. The highest BCUT2D eigenvalue weighted by Gasteiger charge is 2.28. The van der Waals surface area contributed by atoms with Gasteiger partial charge in [0, 0.05) is 97.9 Å². The lowest BCUT2D eigenvalue weighted by Gasteiger charge is -2.11. The van der Waals surface area contributed by atoms with Crippen molar-refractivity contribution >= 4 is 224 Å². The molecule has 0 bridgehead atoms. The first kappa shape index (κ1) is 70.6. The maximum absolute atomic E-state index is 5.21. The summed E-state index contributed by atoms with van der Waals surface area (Å²) in [5.74, 6) is 0. The summed E-state index contributed by atoms with van der Waals surface area (Å²) < 4.78 is 14.3. The van der Waals surface area contributed by atoms with Crippen LogP contribution in [0.4, 0.5) is 0 Å². The second-order valence-electron chi connectivity index (χ2n) is 34.4. The molecule has 0 saturated heterocycles. The summed E-state index contributed by atoms with van der Waals surface area (Å²) >= 11 is 0. The first-order valence-electron chi connectivity index (χ1n) is 44.2. The summed E-state index contributed by atoms with van der Waals surface area (Å²) in [6.45, 7) is 0. The molecule has 12 nitrogen and oxygen atoms in total. The van der Waals surface area contributed by atoms with Crippen molar-refractivity contribution in [3.63, 3.8) is 0 Å². The van der Waals surface area contributed by atoms with Crippen molar-refractivity contribution in [1.82, 2.24) is 56.8 Å². The molecule has 0 aliphatic carbocycles. The van der Waals surface area contributed by atoms with Crippen LogP contribution < -0.4 is 0 Å². The minimum atomic E-state index is 0.898. The molecule has 0 unspecified atom stereocenters. The molecular weight excluding hydrogens is 1590 g/mol. The van der Waals surface area contributed by atoms with Gasteiger partial charge in [-0.2, -0.15) is 0 Å². The van der Waals surface area contributed by atoms with E-state index >= 15 is 0 Å². The normalized spacial score (nSPS) is 12.3. The van der Waals surface area contributed by atoms with Gasteiger partial charge in [0.05, 0.1) is 99.3 Å². The third-order valence-electron chi connectivity index (χ3n) is 27.4. The fourth-order valence-electron chi connectivity index (χ4n) is 21.7. The van der Waals surface area contributed by atoms with E-state index in [1.807, 2.05) is 66.7 Å². The van der Waals surface area contributed by atoms with Crippen LogP contribution >= 0.6 is 0 Å². The van der Waals surface area contributed by atoms with Crippen molar-refractivity contribution in [2.24, 2.45) is 0 Å². The van der Waals surface area contributed by atoms with Crippen molar-refractivity contribution in [3.05, 3.63) is 413 Å². The quantitative estimate of drug-likeness (QED) is 0.164. The Balaban J connectivity index is 0.0000000964. The lowest BCUT2D eigenvalue weighted by Crippen LogP contribution is -1.95. The summed E-state index contributed by atoms with van der Waals surface area (Å²) in [7, 11) is 0. The average Bonchev–Trinajstić information content (AvgIpc) is 1.54. The van der Waals surface area contributed by atoms with Gasteiger partial charge in [-0.1, -0.05) is 285 Å². The van der Waals surface area contributed by atoms with E-state index in [1.54, 1.807) is 0 Å². The van der Waals surface area contributed by atoms with Crippen LogP contribution in [0, 0.1) is 0 Å². The molecular formula is C118H68N12. The zero-order chi connectivity index (χ0) is 84.7. The molecule has 0 saturated carbocycles. The van der Waals surface area contributed by atoms with Crippen molar-refractivity contribution < 1.29 is 0 Å². The molecule has 0 fully saturated rings. The first-order valence-corrected chi connectivity index (χ1v) is 44.2. The zero-order valence-electron chi connectivity index (χ0n) is 69.6. The molecule has 0 N–H and O–H groups in total. The minimum Gasteiger partial charge on any atom is -0.309 e. The molecule has 0 spiro atoms. The Labute approximate surface area is 739 Å². The van der Waals surface area contributed by atoms with E-state index in [-0.39, 0.29) is 0 Å². The Morgan fingerprint density at radius 2 is 0.446 bits per heavy atom. The predicted molar refractivity (Wildman–Crippen MR) is 539 cm³/mol. The Hall–Kier alpha value is -17.7. The number of fused-ring (bicyclic) bond motifs is 31. The highest BCUT2D eigenvalue weighted by Crippen LogP contribution is 2.49. The SMILES string of the molecule is c1ccc(-c2ccc3c4cc5c6cccc7c8nc9ccccc9nc8n(c5cc4n(-c4ccccc4)c3c2)c67)cc1.c1ccc(-c2cccc(-n3c4cc(-c5ccccc5)ccc4c4cc5c6cccc7c8nc9ccccc9nc8n(c5cc43)c67)c2)cc1.c1ccc2cc(-n3c4ccccc4c4cc5c6cccc7c8nc9ccccc9nc8n(c5cc43)c67)ccc2c1. The van der Waals surface area contributed by atoms with Crippen LogP contribution in [-0.4, -0.2) is 56.8 Å². The smallest absolute Gasteiger partial charge is 0.165 e. The third kappa shape index (κ3) is 10.1. The summed E-state index contributed by atoms with van der Waals surface area (Å²) in [4.78, 5) is 30.8. The van der Waals surface area contributed by atoms with E-state index in [4.69, 9.17) is 29.9 Å². The largest absolute Gasteiger partial charge is 0.309 e. The molecule has 12 aromatic heterocycles. The molecule has 130 heavy (non-hydrogen) atoms. The average molecular weight is 1650 g/mol. The number of nitrogens with zero attached hydrogens (tertiary/aromatic N) is 12. The Kier molecular flexibility index (Phi) is 14.6. The van der Waals surface area contributed by atoms with Crippen molar-refractivity contribution in [1.29, 1.82) is 0 Å². The number of hydrogen-bond acceptors (Lipinski definition) is 6. The fourth-order valence-corrected chi connectivity index (χ4v) is 21.7. The van der Waals surface area contributed by atoms with Crippen LogP contribution in [0.15, 0.2) is 413 Å². The number of aromatic nitrogens is 12. The number of rotatable bonds is 6. The molecule has 19 aromatic carbocycles. The van der Waals surface area contributed by atoms with Crippen LogP contribution in [0.3, 0.4) is 0 Å². The van der Waals surface area contributed by atoms with Gasteiger partial charge in [-0.3, -0.25) is 13.2 Å². The maximum Gasteiger partial charge on any atom is 0.165 e. The Bertz CT molecular complexity index is 10200. The van der Waals surface area contributed by atoms with Crippen LogP contribution in [0.1, 0.15) is 0 Å². The highest BCUT2D eigenvalue weighted by molar-refractivity contribution is 6.30. The van der Waals surface area contributed by atoms with E-state index in [1.165, 1.54) is 153 Å². The molecule has 12 heterocycles. The summed E-state index contributed by atoms with van der Waals surface area (Å²) in [6, 6.07) is 148. The molecule has 0 aliphatic rings. The van der Waals surface area contributed by atoms with E-state index in [9.17, 15) is 0 Å². The summed E-state index contributed by atoms with van der Waals surface area (Å²) in [5, 5.41) is 20.8. The van der Waals surface area contributed by atoms with E-state index in [0.29, 0.717) is 0 Å². The molecule has 600 valence electrons. The van der Waals surface area contributed by atoms with Crippen LogP contribution in [0.5, 0.6) is 0 Å². The molecule has 0 atom stereocenters. The Morgan fingerprint density at radius 3 is 0.892 bits per heavy atom. The first-order chi connectivity index (χ1) is 64.5. The van der Waals surface area contributed by atoms with Gasteiger partial charge < -0.3 is 13.7 Å². The molecule has 0 aliphatic heterocycles. The number of benzene rings is 19. The van der Waals surface area contributed by atoms with Gasteiger partial charge in [0.25, 0.3) is 0 Å². The molecule has 0 amide bonds. The van der Waals surface area contributed by atoms with Gasteiger partial charge in [0.15, 0.2) is 16.9 Å². The lowest BCUT2D eigenvalue weighted by atomic mass is 10.0. The molecule has 0 radical (unpaired) electrons.